The highest BCUT2D eigenvalue weighted by Crippen LogP contribution is 2.35. The quantitative estimate of drug-likeness (QED) is 0.650. The van der Waals surface area contributed by atoms with Gasteiger partial charge in [-0.15, -0.1) is 23.4 Å². The number of benzene rings is 1. The average Bonchev–Trinajstić information content (AvgIpc) is 2.96. The molecule has 3 rings (SSSR count). The lowest BCUT2D eigenvalue weighted by atomic mass is 10.1. The van der Waals surface area contributed by atoms with E-state index in [0.717, 1.165) is 16.5 Å². The summed E-state index contributed by atoms with van der Waals surface area (Å²) in [4.78, 5) is 4.07. The molecule has 6 nitrogen and oxygen atoms in total. The minimum Gasteiger partial charge on any atom is -0.496 e. The number of hydrogen-bond donors (Lipinski definition) is 0. The zero-order valence-electron chi connectivity index (χ0n) is 13.4. The number of ether oxygens (including phenoxy) is 2. The third kappa shape index (κ3) is 3.51. The molecule has 2 heterocycles. The molecule has 0 unspecified atom stereocenters. The van der Waals surface area contributed by atoms with Gasteiger partial charge in [-0.2, -0.15) is 8.78 Å². The molecule has 0 aliphatic rings. The predicted octanol–water partition coefficient (Wildman–Crippen LogP) is 3.81. The molecule has 0 saturated carbocycles. The summed E-state index contributed by atoms with van der Waals surface area (Å²) in [6, 6.07) is 3.37. The van der Waals surface area contributed by atoms with Crippen LogP contribution in [-0.2, 0) is 5.92 Å². The van der Waals surface area contributed by atoms with Gasteiger partial charge < -0.3 is 9.47 Å². The van der Waals surface area contributed by atoms with Crippen LogP contribution in [0.5, 0.6) is 11.5 Å². The SMILES string of the molecule is COc1cc(OC(F)(F)F)ccc1-c1cn2c(C(C)(F)F)nnc2cn1. The Balaban J connectivity index is 2.08. The number of halogens is 5. The lowest BCUT2D eigenvalue weighted by Crippen LogP contribution is -2.17. The van der Waals surface area contributed by atoms with Crippen LogP contribution in [0.4, 0.5) is 22.0 Å². The molecule has 2 aromatic heterocycles. The van der Waals surface area contributed by atoms with Gasteiger partial charge in [-0.3, -0.25) is 9.38 Å². The van der Waals surface area contributed by atoms with Gasteiger partial charge in [0.2, 0.25) is 5.82 Å². The molecule has 0 amide bonds. The van der Waals surface area contributed by atoms with E-state index in [1.54, 1.807) is 0 Å². The molecule has 0 radical (unpaired) electrons. The maximum Gasteiger partial charge on any atom is 0.573 e. The Morgan fingerprint density at radius 2 is 1.81 bits per heavy atom. The highest BCUT2D eigenvalue weighted by Gasteiger charge is 2.32. The van der Waals surface area contributed by atoms with Crippen molar-refractivity contribution in [2.24, 2.45) is 0 Å². The van der Waals surface area contributed by atoms with Gasteiger partial charge in [-0.25, -0.2) is 0 Å². The molecular formula is C15H11F5N4O2. The number of hydrogen-bond acceptors (Lipinski definition) is 5. The van der Waals surface area contributed by atoms with E-state index in [0.29, 0.717) is 6.92 Å². The fraction of sp³-hybridized carbons (Fsp3) is 0.267. The van der Waals surface area contributed by atoms with E-state index in [-0.39, 0.29) is 22.7 Å². The summed E-state index contributed by atoms with van der Waals surface area (Å²) in [5.41, 5.74) is 0.558. The van der Waals surface area contributed by atoms with Gasteiger partial charge in [-0.1, -0.05) is 0 Å². The molecule has 0 spiro atoms. The number of alkyl halides is 5. The van der Waals surface area contributed by atoms with E-state index in [4.69, 9.17) is 4.74 Å². The monoisotopic (exact) mass is 374 g/mol. The Kier molecular flexibility index (Phi) is 4.17. The molecule has 3 aromatic rings. The largest absolute Gasteiger partial charge is 0.573 e. The molecule has 138 valence electrons. The van der Waals surface area contributed by atoms with E-state index in [2.05, 4.69) is 19.9 Å². The van der Waals surface area contributed by atoms with Crippen LogP contribution in [0.3, 0.4) is 0 Å². The number of fused-ring (bicyclic) bond motifs is 1. The maximum absolute atomic E-state index is 13.6. The highest BCUT2D eigenvalue weighted by atomic mass is 19.4. The van der Waals surface area contributed by atoms with Crippen molar-refractivity contribution in [2.45, 2.75) is 19.2 Å². The summed E-state index contributed by atoms with van der Waals surface area (Å²) in [7, 11) is 1.25. The standard InChI is InChI=1S/C15H11F5N4O2/c1-14(16,17)13-23-22-12-6-21-10(7-24(12)13)9-4-3-8(5-11(9)25-2)26-15(18,19)20/h3-7H,1-2H3. The van der Waals surface area contributed by atoms with Crippen molar-refractivity contribution >= 4 is 5.65 Å². The summed E-state index contributed by atoms with van der Waals surface area (Å²) in [6.07, 6.45) is -2.38. The number of rotatable bonds is 4. The second-order valence-electron chi connectivity index (χ2n) is 5.32. The van der Waals surface area contributed by atoms with Crippen LogP contribution in [0, 0.1) is 0 Å². The minimum atomic E-state index is -4.85. The molecule has 0 aliphatic heterocycles. The Morgan fingerprint density at radius 1 is 1.08 bits per heavy atom. The second kappa shape index (κ2) is 6.07. The summed E-state index contributed by atoms with van der Waals surface area (Å²) < 4.78 is 74.2. The van der Waals surface area contributed by atoms with E-state index in [9.17, 15) is 22.0 Å². The Morgan fingerprint density at radius 3 is 2.42 bits per heavy atom. The molecule has 0 atom stereocenters. The van der Waals surface area contributed by atoms with Crippen molar-refractivity contribution in [3.63, 3.8) is 0 Å². The number of nitrogens with zero attached hydrogens (tertiary/aromatic N) is 4. The zero-order valence-corrected chi connectivity index (χ0v) is 13.4. The average molecular weight is 374 g/mol. The van der Waals surface area contributed by atoms with Crippen molar-refractivity contribution in [3.05, 3.63) is 36.4 Å². The lowest BCUT2D eigenvalue weighted by molar-refractivity contribution is -0.274. The van der Waals surface area contributed by atoms with Crippen LogP contribution in [-0.4, -0.2) is 33.1 Å². The van der Waals surface area contributed by atoms with Crippen molar-refractivity contribution in [2.75, 3.05) is 7.11 Å². The molecule has 0 saturated heterocycles. The maximum atomic E-state index is 13.6. The molecular weight excluding hydrogens is 363 g/mol. The molecule has 0 fully saturated rings. The molecule has 0 aliphatic carbocycles. The van der Waals surface area contributed by atoms with Crippen LogP contribution >= 0.6 is 0 Å². The first kappa shape index (κ1) is 17.8. The van der Waals surface area contributed by atoms with Crippen LogP contribution in [0.25, 0.3) is 16.9 Å². The second-order valence-corrected chi connectivity index (χ2v) is 5.32. The summed E-state index contributed by atoms with van der Waals surface area (Å²) >= 11 is 0. The highest BCUT2D eigenvalue weighted by molar-refractivity contribution is 5.68. The fourth-order valence-corrected chi connectivity index (χ4v) is 2.32. The van der Waals surface area contributed by atoms with Crippen molar-refractivity contribution in [3.8, 4) is 22.8 Å². The van der Waals surface area contributed by atoms with Gasteiger partial charge in [-0.05, 0) is 12.1 Å². The van der Waals surface area contributed by atoms with E-state index < -0.39 is 23.9 Å². The van der Waals surface area contributed by atoms with Crippen LogP contribution < -0.4 is 9.47 Å². The normalized spacial score (nSPS) is 12.4. The van der Waals surface area contributed by atoms with Gasteiger partial charge in [0, 0.05) is 24.8 Å². The topological polar surface area (TPSA) is 61.5 Å². The van der Waals surface area contributed by atoms with Gasteiger partial charge in [0.25, 0.3) is 0 Å². The fourth-order valence-electron chi connectivity index (χ4n) is 2.32. The third-order valence-corrected chi connectivity index (χ3v) is 3.37. The lowest BCUT2D eigenvalue weighted by Gasteiger charge is -2.13. The number of methoxy groups -OCH3 is 1. The minimum absolute atomic E-state index is 0.0245. The van der Waals surface area contributed by atoms with Gasteiger partial charge in [0.15, 0.2) is 5.65 Å². The molecule has 0 N–H and O–H groups in total. The molecule has 1 aromatic carbocycles. The van der Waals surface area contributed by atoms with Crippen LogP contribution in [0.2, 0.25) is 0 Å². The van der Waals surface area contributed by atoms with Gasteiger partial charge >= 0.3 is 12.3 Å². The van der Waals surface area contributed by atoms with Gasteiger partial charge in [0.1, 0.15) is 11.5 Å². The van der Waals surface area contributed by atoms with Gasteiger partial charge in [0.05, 0.1) is 19.0 Å². The van der Waals surface area contributed by atoms with E-state index >= 15 is 0 Å². The van der Waals surface area contributed by atoms with Crippen LogP contribution in [0.1, 0.15) is 12.7 Å². The summed E-state index contributed by atoms with van der Waals surface area (Å²) in [5, 5.41) is 7.06. The first-order valence-corrected chi connectivity index (χ1v) is 7.12. The van der Waals surface area contributed by atoms with Crippen molar-refractivity contribution in [1.29, 1.82) is 0 Å². The van der Waals surface area contributed by atoms with Crippen molar-refractivity contribution in [1.82, 2.24) is 19.6 Å². The van der Waals surface area contributed by atoms with E-state index in [1.165, 1.54) is 25.6 Å². The zero-order chi connectivity index (χ0) is 19.1. The Bertz CT molecular complexity index is 949. The Hall–Kier alpha value is -2.98. The predicted molar refractivity (Wildman–Crippen MR) is 79.0 cm³/mol. The Labute approximate surface area is 143 Å². The smallest absolute Gasteiger partial charge is 0.496 e. The van der Waals surface area contributed by atoms with Crippen LogP contribution in [0.15, 0.2) is 30.6 Å². The van der Waals surface area contributed by atoms with Crippen molar-refractivity contribution < 1.29 is 31.4 Å². The number of aromatic nitrogens is 4. The summed E-state index contributed by atoms with van der Waals surface area (Å²) in [6.45, 7) is 0.674. The third-order valence-electron chi connectivity index (χ3n) is 3.37. The molecule has 0 bridgehead atoms. The first-order chi connectivity index (χ1) is 12.1. The molecule has 26 heavy (non-hydrogen) atoms. The first-order valence-electron chi connectivity index (χ1n) is 7.12. The van der Waals surface area contributed by atoms with E-state index in [1.807, 2.05) is 0 Å². The summed E-state index contributed by atoms with van der Waals surface area (Å²) in [5.74, 6) is -4.29. The molecule has 11 heteroatoms.